The highest BCUT2D eigenvalue weighted by molar-refractivity contribution is 5.87. The molecular weight excluding hydrogens is 178 g/mol. The number of hydrogen-bond acceptors (Lipinski definition) is 2. The zero-order valence-corrected chi connectivity index (χ0v) is 7.47. The Labute approximate surface area is 76.9 Å². The third kappa shape index (κ3) is 2.51. The molecule has 0 unspecified atom stereocenters. The van der Waals surface area contributed by atoms with Gasteiger partial charge < -0.3 is 5.11 Å². The number of aromatic carboxylic acids is 1. The Balaban J connectivity index is 0.00000121. The molecule has 0 aliphatic carbocycles. The SMILES string of the molecule is CCc1cc(C(=O)O)ccn1.Cl. The van der Waals surface area contributed by atoms with E-state index >= 15 is 0 Å². The van der Waals surface area contributed by atoms with Gasteiger partial charge in [-0.3, -0.25) is 4.98 Å². The number of aryl methyl sites for hydroxylation is 1. The van der Waals surface area contributed by atoms with Crippen LogP contribution in [0.5, 0.6) is 0 Å². The molecule has 0 aliphatic rings. The van der Waals surface area contributed by atoms with Crippen molar-refractivity contribution in [3.05, 3.63) is 29.6 Å². The van der Waals surface area contributed by atoms with Gasteiger partial charge in [0.15, 0.2) is 0 Å². The van der Waals surface area contributed by atoms with Crippen LogP contribution in [0, 0.1) is 0 Å². The molecule has 1 rings (SSSR count). The van der Waals surface area contributed by atoms with Gasteiger partial charge in [-0.1, -0.05) is 6.92 Å². The fourth-order valence-corrected chi connectivity index (χ4v) is 0.805. The molecule has 1 heterocycles. The van der Waals surface area contributed by atoms with Gasteiger partial charge in [-0.05, 0) is 18.6 Å². The van der Waals surface area contributed by atoms with E-state index in [0.717, 1.165) is 12.1 Å². The summed E-state index contributed by atoms with van der Waals surface area (Å²) in [5.74, 6) is -0.901. The van der Waals surface area contributed by atoms with Crippen molar-refractivity contribution in [1.29, 1.82) is 0 Å². The number of nitrogens with zero attached hydrogens (tertiary/aromatic N) is 1. The standard InChI is InChI=1S/C8H9NO2.ClH/c1-2-7-5-6(8(10)11)3-4-9-7;/h3-5H,2H2,1H3,(H,10,11);1H. The number of carboxylic acids is 1. The molecule has 66 valence electrons. The summed E-state index contributed by atoms with van der Waals surface area (Å²) >= 11 is 0. The van der Waals surface area contributed by atoms with Crippen LogP contribution in [0.4, 0.5) is 0 Å². The van der Waals surface area contributed by atoms with Crippen molar-refractivity contribution in [2.45, 2.75) is 13.3 Å². The predicted octanol–water partition coefficient (Wildman–Crippen LogP) is 1.76. The first-order valence-corrected chi connectivity index (χ1v) is 3.42. The fraction of sp³-hybridized carbons (Fsp3) is 0.250. The summed E-state index contributed by atoms with van der Waals surface area (Å²) in [7, 11) is 0. The third-order valence-electron chi connectivity index (χ3n) is 1.43. The minimum Gasteiger partial charge on any atom is -0.478 e. The second-order valence-electron chi connectivity index (χ2n) is 2.19. The molecule has 0 atom stereocenters. The number of pyridine rings is 1. The van der Waals surface area contributed by atoms with Crippen LogP contribution in [0.25, 0.3) is 0 Å². The van der Waals surface area contributed by atoms with E-state index in [1.165, 1.54) is 12.3 Å². The van der Waals surface area contributed by atoms with Crippen molar-refractivity contribution in [3.8, 4) is 0 Å². The number of aromatic nitrogens is 1. The van der Waals surface area contributed by atoms with Crippen molar-refractivity contribution >= 4 is 18.4 Å². The van der Waals surface area contributed by atoms with Crippen molar-refractivity contribution in [2.24, 2.45) is 0 Å². The van der Waals surface area contributed by atoms with Crippen LogP contribution in [0.2, 0.25) is 0 Å². The van der Waals surface area contributed by atoms with E-state index in [2.05, 4.69) is 4.98 Å². The van der Waals surface area contributed by atoms with Gasteiger partial charge >= 0.3 is 5.97 Å². The molecule has 0 radical (unpaired) electrons. The molecule has 0 spiro atoms. The molecule has 12 heavy (non-hydrogen) atoms. The summed E-state index contributed by atoms with van der Waals surface area (Å²) in [6, 6.07) is 3.07. The van der Waals surface area contributed by atoms with Gasteiger partial charge in [-0.15, -0.1) is 12.4 Å². The van der Waals surface area contributed by atoms with E-state index in [4.69, 9.17) is 5.11 Å². The molecule has 1 N–H and O–H groups in total. The fourth-order valence-electron chi connectivity index (χ4n) is 0.805. The van der Waals surface area contributed by atoms with Crippen LogP contribution in [-0.2, 0) is 6.42 Å². The summed E-state index contributed by atoms with van der Waals surface area (Å²) in [6.07, 6.45) is 2.28. The lowest BCUT2D eigenvalue weighted by atomic mass is 10.2. The average Bonchev–Trinajstić information content (AvgIpc) is 2.05. The lowest BCUT2D eigenvalue weighted by Gasteiger charge is -1.96. The van der Waals surface area contributed by atoms with Crippen molar-refractivity contribution in [3.63, 3.8) is 0 Å². The summed E-state index contributed by atoms with van der Waals surface area (Å²) in [6.45, 7) is 1.94. The maximum absolute atomic E-state index is 10.4. The zero-order chi connectivity index (χ0) is 8.27. The second kappa shape index (κ2) is 4.72. The second-order valence-corrected chi connectivity index (χ2v) is 2.19. The minimum absolute atomic E-state index is 0. The Morgan fingerprint density at radius 3 is 2.83 bits per heavy atom. The minimum atomic E-state index is -0.901. The molecule has 0 fully saturated rings. The molecule has 1 aromatic rings. The smallest absolute Gasteiger partial charge is 0.335 e. The van der Waals surface area contributed by atoms with E-state index in [9.17, 15) is 4.79 Å². The Hall–Kier alpha value is -1.09. The number of carboxylic acid groups (broad SMARTS) is 1. The van der Waals surface area contributed by atoms with Crippen LogP contribution < -0.4 is 0 Å². The normalized spacial score (nSPS) is 8.75. The zero-order valence-electron chi connectivity index (χ0n) is 6.65. The first kappa shape index (κ1) is 10.9. The van der Waals surface area contributed by atoms with Gasteiger partial charge in [0, 0.05) is 11.9 Å². The van der Waals surface area contributed by atoms with Crippen LogP contribution in [0.3, 0.4) is 0 Å². The van der Waals surface area contributed by atoms with Crippen molar-refractivity contribution in [1.82, 2.24) is 4.98 Å². The molecular formula is C8H10ClNO2. The Kier molecular flexibility index (Phi) is 4.29. The lowest BCUT2D eigenvalue weighted by Crippen LogP contribution is -1.98. The van der Waals surface area contributed by atoms with E-state index in [0.29, 0.717) is 5.56 Å². The average molecular weight is 188 g/mol. The van der Waals surface area contributed by atoms with Gasteiger partial charge in [0.25, 0.3) is 0 Å². The van der Waals surface area contributed by atoms with E-state index in [1.807, 2.05) is 6.92 Å². The molecule has 3 nitrogen and oxygen atoms in total. The molecule has 0 saturated carbocycles. The molecule has 1 aromatic heterocycles. The number of hydrogen-bond donors (Lipinski definition) is 1. The van der Waals surface area contributed by atoms with Gasteiger partial charge in [-0.25, -0.2) is 4.79 Å². The Bertz CT molecular complexity index is 276. The maximum atomic E-state index is 10.4. The van der Waals surface area contributed by atoms with Crippen LogP contribution >= 0.6 is 12.4 Å². The number of rotatable bonds is 2. The van der Waals surface area contributed by atoms with Gasteiger partial charge in [-0.2, -0.15) is 0 Å². The molecule has 0 bridgehead atoms. The highest BCUT2D eigenvalue weighted by Crippen LogP contribution is 2.01. The predicted molar refractivity (Wildman–Crippen MR) is 47.8 cm³/mol. The quantitative estimate of drug-likeness (QED) is 0.768. The van der Waals surface area contributed by atoms with Crippen LogP contribution in [0.1, 0.15) is 23.0 Å². The van der Waals surface area contributed by atoms with Crippen molar-refractivity contribution < 1.29 is 9.90 Å². The van der Waals surface area contributed by atoms with E-state index in [-0.39, 0.29) is 12.4 Å². The van der Waals surface area contributed by atoms with Gasteiger partial charge in [0.1, 0.15) is 0 Å². The molecule has 0 amide bonds. The number of halogens is 1. The molecule has 0 saturated heterocycles. The summed E-state index contributed by atoms with van der Waals surface area (Å²) in [5.41, 5.74) is 1.11. The van der Waals surface area contributed by atoms with Crippen molar-refractivity contribution in [2.75, 3.05) is 0 Å². The number of carbonyl (C=O) groups is 1. The van der Waals surface area contributed by atoms with Crippen LogP contribution in [0.15, 0.2) is 18.3 Å². The summed E-state index contributed by atoms with van der Waals surface area (Å²) in [4.78, 5) is 14.4. The molecule has 0 aliphatic heterocycles. The third-order valence-corrected chi connectivity index (χ3v) is 1.43. The summed E-state index contributed by atoms with van der Waals surface area (Å²) in [5, 5.41) is 8.58. The van der Waals surface area contributed by atoms with E-state index in [1.54, 1.807) is 6.07 Å². The Morgan fingerprint density at radius 2 is 2.33 bits per heavy atom. The topological polar surface area (TPSA) is 50.2 Å². The highest BCUT2D eigenvalue weighted by Gasteiger charge is 2.01. The monoisotopic (exact) mass is 187 g/mol. The highest BCUT2D eigenvalue weighted by atomic mass is 35.5. The first-order chi connectivity index (χ1) is 5.24. The van der Waals surface area contributed by atoms with Gasteiger partial charge in [0.05, 0.1) is 5.56 Å². The first-order valence-electron chi connectivity index (χ1n) is 3.42. The lowest BCUT2D eigenvalue weighted by molar-refractivity contribution is 0.0696. The van der Waals surface area contributed by atoms with Crippen LogP contribution in [-0.4, -0.2) is 16.1 Å². The summed E-state index contributed by atoms with van der Waals surface area (Å²) < 4.78 is 0. The van der Waals surface area contributed by atoms with Gasteiger partial charge in [0.2, 0.25) is 0 Å². The van der Waals surface area contributed by atoms with E-state index < -0.39 is 5.97 Å². The molecule has 4 heteroatoms. The maximum Gasteiger partial charge on any atom is 0.335 e. The largest absolute Gasteiger partial charge is 0.478 e. The Morgan fingerprint density at radius 1 is 1.67 bits per heavy atom. The molecule has 0 aromatic carbocycles.